The summed E-state index contributed by atoms with van der Waals surface area (Å²) < 4.78 is 18.3. The van der Waals surface area contributed by atoms with Crippen LogP contribution in [0.3, 0.4) is 0 Å². The number of aliphatic imine (C=N–C) groups is 1. The predicted octanol–water partition coefficient (Wildman–Crippen LogP) is 0.0557. The third-order valence-electron chi connectivity index (χ3n) is 9.60. The number of likely N-dealkylation sites (N-methyl/N-ethyl adjacent to an activating group) is 2. The molecule has 5 atom stereocenters. The van der Waals surface area contributed by atoms with Gasteiger partial charge in [0.15, 0.2) is 23.6 Å². The van der Waals surface area contributed by atoms with E-state index in [1.54, 1.807) is 14.2 Å². The van der Waals surface area contributed by atoms with Crippen LogP contribution >= 0.6 is 0 Å². The molecule has 250 valence electrons. The van der Waals surface area contributed by atoms with E-state index in [0.29, 0.717) is 29.9 Å². The number of nitrogens with two attached hydrogens (primary N) is 2. The summed E-state index contributed by atoms with van der Waals surface area (Å²) in [6.45, 7) is 1.32. The van der Waals surface area contributed by atoms with E-state index in [2.05, 4.69) is 33.6 Å². The molecule has 1 fully saturated rings. The fourth-order valence-corrected chi connectivity index (χ4v) is 7.46. The molecule has 1 aromatic carbocycles. The maximum atomic E-state index is 13.3. The van der Waals surface area contributed by atoms with Gasteiger partial charge in [-0.3, -0.25) is 19.4 Å². The van der Waals surface area contributed by atoms with E-state index in [0.717, 1.165) is 31.6 Å². The van der Waals surface area contributed by atoms with Crippen molar-refractivity contribution in [3.63, 3.8) is 0 Å². The molecule has 2 heterocycles. The topological polar surface area (TPSA) is 211 Å². The van der Waals surface area contributed by atoms with Gasteiger partial charge in [-0.2, -0.15) is 0 Å². The number of aliphatic carboxylic acids is 1. The second-order valence-electron chi connectivity index (χ2n) is 12.3. The van der Waals surface area contributed by atoms with Crippen LogP contribution in [0.5, 0.6) is 11.5 Å². The lowest BCUT2D eigenvalue weighted by Crippen LogP contribution is -2.63. The van der Waals surface area contributed by atoms with Crippen LogP contribution in [0.25, 0.3) is 0 Å². The number of amides is 3. The minimum absolute atomic E-state index is 0.0641. The monoisotopic (exact) mass is 641 g/mol. The van der Waals surface area contributed by atoms with Gasteiger partial charge in [0.2, 0.25) is 11.8 Å². The fraction of sp³-hybridized carbons (Fsp3) is 0.581. The highest BCUT2D eigenvalue weighted by Crippen LogP contribution is 2.63. The molecule has 46 heavy (non-hydrogen) atoms. The van der Waals surface area contributed by atoms with Gasteiger partial charge in [-0.1, -0.05) is 6.07 Å². The number of carbonyl (C=O) groups excluding carboxylic acids is 3. The largest absolute Gasteiger partial charge is 0.493 e. The zero-order valence-electron chi connectivity index (χ0n) is 26.4. The lowest BCUT2D eigenvalue weighted by molar-refractivity contribution is -0.141. The third kappa shape index (κ3) is 6.28. The van der Waals surface area contributed by atoms with Gasteiger partial charge in [-0.05, 0) is 69.3 Å². The molecule has 15 nitrogen and oxygen atoms in total. The van der Waals surface area contributed by atoms with Crippen molar-refractivity contribution >= 4 is 29.8 Å². The van der Waals surface area contributed by atoms with Gasteiger partial charge in [0.1, 0.15) is 18.2 Å². The molecule has 15 heteroatoms. The van der Waals surface area contributed by atoms with Crippen LogP contribution in [0, 0.1) is 5.92 Å². The van der Waals surface area contributed by atoms with Gasteiger partial charge in [0.05, 0.1) is 7.11 Å². The summed E-state index contributed by atoms with van der Waals surface area (Å²) in [6.07, 6.45) is 3.25. The molecule has 5 rings (SSSR count). The van der Waals surface area contributed by atoms with E-state index in [1.807, 2.05) is 12.1 Å². The number of carboxylic acids is 1. The molecule has 0 radical (unpaired) electrons. The summed E-state index contributed by atoms with van der Waals surface area (Å²) in [5.41, 5.74) is 12.8. The van der Waals surface area contributed by atoms with Crippen LogP contribution < -0.4 is 31.6 Å². The minimum Gasteiger partial charge on any atom is -0.493 e. The van der Waals surface area contributed by atoms with Crippen molar-refractivity contribution in [1.82, 2.24) is 20.4 Å². The number of carbonyl (C=O) groups is 4. The van der Waals surface area contributed by atoms with Crippen molar-refractivity contribution in [1.29, 1.82) is 0 Å². The average Bonchev–Trinajstić information content (AvgIpc) is 3.36. The number of piperidine rings is 1. The molecular formula is C31H43N7O8. The maximum Gasteiger partial charge on any atom is 0.414 e. The standard InChI is InChI=1S/C31H43N7O8/c1-37-13-10-31-18-7-9-22(27(31)46-26-21(44-3)8-6-17(25(26)31)15-20(18)37)45-30(43)38(2)14-12-34-28(42)19(5-4-11-35-29(32)33)36-23(39)16-24(40)41/h6,8-9,18-20,27H,4-5,7,10-16H2,1-3H3,(H,34,42)(H,36,39)(H,40,41)(H4,32,33,35)/t18-,19+,20?,27-,31?/m0/s1. The van der Waals surface area contributed by atoms with Crippen molar-refractivity contribution in [3.05, 3.63) is 35.1 Å². The zero-order valence-corrected chi connectivity index (χ0v) is 26.4. The highest BCUT2D eigenvalue weighted by molar-refractivity contribution is 5.96. The summed E-state index contributed by atoms with van der Waals surface area (Å²) in [5, 5.41) is 14.0. The van der Waals surface area contributed by atoms with Gasteiger partial charge >= 0.3 is 12.1 Å². The number of guanidine groups is 1. The van der Waals surface area contributed by atoms with Crippen LogP contribution in [-0.4, -0.2) is 110 Å². The molecule has 2 aliphatic carbocycles. The van der Waals surface area contributed by atoms with E-state index in [-0.39, 0.29) is 37.4 Å². The number of rotatable bonds is 13. The number of ether oxygens (including phenoxy) is 3. The minimum atomic E-state index is -1.31. The summed E-state index contributed by atoms with van der Waals surface area (Å²) in [6, 6.07) is 3.43. The van der Waals surface area contributed by atoms with Gasteiger partial charge in [-0.25, -0.2) is 4.79 Å². The zero-order chi connectivity index (χ0) is 33.2. The molecule has 2 bridgehead atoms. The molecule has 0 aromatic heterocycles. The number of hydrogen-bond acceptors (Lipinski definition) is 9. The number of allylic oxidation sites excluding steroid dienone is 1. The summed E-state index contributed by atoms with van der Waals surface area (Å²) in [7, 11) is 5.37. The molecule has 1 spiro atoms. The quantitative estimate of drug-likeness (QED) is 0.0841. The number of nitrogens with zero attached hydrogens (tertiary/aromatic N) is 3. The number of likely N-dealkylation sites (tertiary alicyclic amines) is 1. The Bertz CT molecular complexity index is 1440. The number of carboxylic acid groups (broad SMARTS) is 1. The van der Waals surface area contributed by atoms with E-state index in [9.17, 15) is 19.2 Å². The van der Waals surface area contributed by atoms with Crippen molar-refractivity contribution in [2.45, 2.75) is 62.1 Å². The SMILES string of the molecule is COc1ccc2c3c1O[C@H]1C(OC(=O)N(C)CCNC(=O)[C@@H](CCCN=C(N)N)NC(=O)CC(=O)O)=CC[C@H]4C(C2)N(C)CCC314. The predicted molar refractivity (Wildman–Crippen MR) is 166 cm³/mol. The Morgan fingerprint density at radius 1 is 1.28 bits per heavy atom. The summed E-state index contributed by atoms with van der Waals surface area (Å²) in [5.74, 6) is -0.534. The summed E-state index contributed by atoms with van der Waals surface area (Å²) in [4.78, 5) is 56.8. The Kier molecular flexibility index (Phi) is 9.60. The Balaban J connectivity index is 1.21. The number of methoxy groups -OCH3 is 1. The highest BCUT2D eigenvalue weighted by atomic mass is 16.6. The van der Waals surface area contributed by atoms with Crippen LogP contribution in [-0.2, 0) is 31.0 Å². The third-order valence-corrected chi connectivity index (χ3v) is 9.60. The molecule has 4 aliphatic rings. The normalized spacial score (nSPS) is 24.3. The van der Waals surface area contributed by atoms with Crippen molar-refractivity contribution in [2.75, 3.05) is 47.4 Å². The average molecular weight is 642 g/mol. The van der Waals surface area contributed by atoms with Crippen LogP contribution in [0.1, 0.15) is 43.2 Å². The van der Waals surface area contributed by atoms with Gasteiger partial charge in [0.25, 0.3) is 0 Å². The van der Waals surface area contributed by atoms with E-state index in [4.69, 9.17) is 30.8 Å². The van der Waals surface area contributed by atoms with Gasteiger partial charge < -0.3 is 51.2 Å². The molecule has 1 saturated heterocycles. The Morgan fingerprint density at radius 2 is 2.07 bits per heavy atom. The van der Waals surface area contributed by atoms with Gasteiger partial charge in [0, 0.05) is 43.7 Å². The Hall–Kier alpha value is -4.53. The Morgan fingerprint density at radius 3 is 2.78 bits per heavy atom. The highest BCUT2D eigenvalue weighted by Gasteiger charge is 2.64. The fourth-order valence-electron chi connectivity index (χ4n) is 7.46. The van der Waals surface area contributed by atoms with Gasteiger partial charge in [-0.15, -0.1) is 0 Å². The second kappa shape index (κ2) is 13.4. The molecular weight excluding hydrogens is 598 g/mol. The van der Waals surface area contributed by atoms with E-state index >= 15 is 0 Å². The Labute approximate surface area is 267 Å². The molecule has 2 aliphatic heterocycles. The van der Waals surface area contributed by atoms with E-state index in [1.165, 1.54) is 16.0 Å². The summed E-state index contributed by atoms with van der Waals surface area (Å²) >= 11 is 0. The molecule has 7 N–H and O–H groups in total. The first-order chi connectivity index (χ1) is 22.0. The molecule has 2 unspecified atom stereocenters. The van der Waals surface area contributed by atoms with Crippen molar-refractivity contribution < 1.29 is 38.5 Å². The molecule has 0 saturated carbocycles. The van der Waals surface area contributed by atoms with Crippen LogP contribution in [0.15, 0.2) is 29.0 Å². The first-order valence-corrected chi connectivity index (χ1v) is 15.5. The van der Waals surface area contributed by atoms with E-state index < -0.39 is 42.4 Å². The lowest BCUT2D eigenvalue weighted by Gasteiger charge is -2.56. The lowest BCUT2D eigenvalue weighted by atomic mass is 9.53. The van der Waals surface area contributed by atoms with Crippen LogP contribution in [0.4, 0.5) is 4.79 Å². The maximum absolute atomic E-state index is 13.3. The second-order valence-corrected chi connectivity index (χ2v) is 12.3. The van der Waals surface area contributed by atoms with Crippen LogP contribution in [0.2, 0.25) is 0 Å². The smallest absolute Gasteiger partial charge is 0.414 e. The number of nitrogens with one attached hydrogen (secondary N) is 2. The van der Waals surface area contributed by atoms with Crippen molar-refractivity contribution in [2.24, 2.45) is 22.4 Å². The number of hydrogen-bond donors (Lipinski definition) is 5. The first-order valence-electron chi connectivity index (χ1n) is 15.5. The molecule has 3 amide bonds. The first kappa shape index (κ1) is 32.9. The number of benzene rings is 1. The molecule has 1 aromatic rings. The van der Waals surface area contributed by atoms with Crippen molar-refractivity contribution in [3.8, 4) is 11.5 Å².